The van der Waals surface area contributed by atoms with Crippen molar-refractivity contribution in [1.82, 2.24) is 0 Å². The average molecular weight is 144 g/mol. The van der Waals surface area contributed by atoms with Gasteiger partial charge in [0, 0.05) is 0 Å². The fraction of sp³-hybridized carbons (Fsp3) is 1.00. The van der Waals surface area contributed by atoms with E-state index in [-0.39, 0.29) is 13.0 Å². The first kappa shape index (κ1) is 9.98. The monoisotopic (exact) mass is 144 g/mol. The third-order valence-corrected chi connectivity index (χ3v) is 1.86. The minimum atomic E-state index is -0.251. The van der Waals surface area contributed by atoms with Crippen LogP contribution in [0.4, 0.5) is 0 Å². The zero-order valence-corrected chi connectivity index (χ0v) is 7.04. The van der Waals surface area contributed by atoms with Gasteiger partial charge < -0.3 is 10.1 Å². The van der Waals surface area contributed by atoms with Crippen LogP contribution >= 0.6 is 0 Å². The van der Waals surface area contributed by atoms with E-state index in [1.807, 2.05) is 6.92 Å². The molecule has 0 saturated heterocycles. The van der Waals surface area contributed by atoms with Crippen LogP contribution < -0.4 is 0 Å². The van der Waals surface area contributed by atoms with Crippen LogP contribution in [0.25, 0.3) is 0 Å². The Labute approximate surface area is 63.4 Å². The second kappa shape index (κ2) is 4.75. The molecule has 0 bridgehead atoms. The highest BCUT2D eigenvalue weighted by atomic mass is 16.3. The van der Waals surface area contributed by atoms with E-state index < -0.39 is 0 Å². The SMILES string of the molecule is CB(O)CCC(C)C(C)O. The Bertz CT molecular complexity index is 83.7. The van der Waals surface area contributed by atoms with Crippen molar-refractivity contribution in [2.75, 3.05) is 0 Å². The summed E-state index contributed by atoms with van der Waals surface area (Å²) < 4.78 is 0. The first-order chi connectivity index (χ1) is 4.54. The molecule has 0 radical (unpaired) electrons. The van der Waals surface area contributed by atoms with Gasteiger partial charge in [-0.25, -0.2) is 0 Å². The standard InChI is InChI=1S/C7H17BO2/c1-6(7(2)9)4-5-8(3)10/h6-7,9-10H,4-5H2,1-3H3. The van der Waals surface area contributed by atoms with Crippen molar-refractivity contribution in [1.29, 1.82) is 0 Å². The van der Waals surface area contributed by atoms with Gasteiger partial charge in [0.25, 0.3) is 6.92 Å². The second-order valence-corrected chi connectivity index (χ2v) is 3.14. The van der Waals surface area contributed by atoms with Crippen LogP contribution in [0, 0.1) is 5.92 Å². The molecule has 0 heterocycles. The fourth-order valence-corrected chi connectivity index (χ4v) is 0.745. The van der Waals surface area contributed by atoms with Crippen LogP contribution in [-0.2, 0) is 0 Å². The van der Waals surface area contributed by atoms with Crippen LogP contribution in [0.2, 0.25) is 13.1 Å². The van der Waals surface area contributed by atoms with Gasteiger partial charge in [-0.3, -0.25) is 0 Å². The smallest absolute Gasteiger partial charge is 0.285 e. The second-order valence-electron chi connectivity index (χ2n) is 3.14. The summed E-state index contributed by atoms with van der Waals surface area (Å²) in [7, 11) is 0. The van der Waals surface area contributed by atoms with Crippen LogP contribution in [0.5, 0.6) is 0 Å². The summed E-state index contributed by atoms with van der Waals surface area (Å²) in [5, 5.41) is 18.0. The number of aliphatic hydroxyl groups is 1. The maximum Gasteiger partial charge on any atom is 0.285 e. The maximum absolute atomic E-state index is 9.05. The molecule has 0 aromatic rings. The van der Waals surface area contributed by atoms with E-state index in [4.69, 9.17) is 10.1 Å². The van der Waals surface area contributed by atoms with Gasteiger partial charge in [-0.15, -0.1) is 0 Å². The zero-order chi connectivity index (χ0) is 8.15. The molecule has 0 aromatic carbocycles. The molecule has 60 valence electrons. The molecule has 2 atom stereocenters. The summed E-state index contributed by atoms with van der Waals surface area (Å²) in [6.07, 6.45) is 1.43. The number of hydrogen-bond acceptors (Lipinski definition) is 2. The van der Waals surface area contributed by atoms with Gasteiger partial charge in [0.15, 0.2) is 0 Å². The Morgan fingerprint density at radius 1 is 1.40 bits per heavy atom. The van der Waals surface area contributed by atoms with Crippen LogP contribution in [-0.4, -0.2) is 23.2 Å². The van der Waals surface area contributed by atoms with E-state index >= 15 is 0 Å². The largest absolute Gasteiger partial charge is 0.451 e. The van der Waals surface area contributed by atoms with E-state index in [0.717, 1.165) is 12.7 Å². The van der Waals surface area contributed by atoms with Crippen LogP contribution in [0.3, 0.4) is 0 Å². The van der Waals surface area contributed by atoms with Crippen molar-refractivity contribution in [3.8, 4) is 0 Å². The molecule has 10 heavy (non-hydrogen) atoms. The Morgan fingerprint density at radius 3 is 2.20 bits per heavy atom. The lowest BCUT2D eigenvalue weighted by molar-refractivity contribution is 0.132. The maximum atomic E-state index is 9.05. The summed E-state index contributed by atoms with van der Waals surface area (Å²) in [4.78, 5) is 0. The highest BCUT2D eigenvalue weighted by Gasteiger charge is 2.10. The van der Waals surface area contributed by atoms with Crippen molar-refractivity contribution in [2.45, 2.75) is 39.5 Å². The van der Waals surface area contributed by atoms with Gasteiger partial charge in [0.1, 0.15) is 0 Å². The zero-order valence-electron chi connectivity index (χ0n) is 7.04. The van der Waals surface area contributed by atoms with Crippen molar-refractivity contribution < 1.29 is 10.1 Å². The highest BCUT2D eigenvalue weighted by Crippen LogP contribution is 2.11. The van der Waals surface area contributed by atoms with Crippen molar-refractivity contribution in [3.05, 3.63) is 0 Å². The fourth-order valence-electron chi connectivity index (χ4n) is 0.745. The topological polar surface area (TPSA) is 40.5 Å². The van der Waals surface area contributed by atoms with Crippen LogP contribution in [0.1, 0.15) is 20.3 Å². The van der Waals surface area contributed by atoms with Gasteiger partial charge in [-0.05, 0) is 19.2 Å². The number of aliphatic hydroxyl groups excluding tert-OH is 1. The lowest BCUT2D eigenvalue weighted by atomic mass is 9.66. The summed E-state index contributed by atoms with van der Waals surface area (Å²) in [5.74, 6) is 0.301. The third-order valence-electron chi connectivity index (χ3n) is 1.86. The van der Waals surface area contributed by atoms with Gasteiger partial charge in [-0.2, -0.15) is 0 Å². The molecule has 0 aliphatic rings. The summed E-state index contributed by atoms with van der Waals surface area (Å²) in [6, 6.07) is 0. The van der Waals surface area contributed by atoms with Crippen molar-refractivity contribution in [2.24, 2.45) is 5.92 Å². The van der Waals surface area contributed by atoms with E-state index in [1.54, 1.807) is 13.7 Å². The van der Waals surface area contributed by atoms with E-state index in [9.17, 15) is 0 Å². The molecule has 2 unspecified atom stereocenters. The Balaban J connectivity index is 3.30. The molecule has 0 aliphatic carbocycles. The molecule has 0 aromatic heterocycles. The van der Waals surface area contributed by atoms with Gasteiger partial charge in [0.05, 0.1) is 6.10 Å². The molecule has 0 spiro atoms. The third kappa shape index (κ3) is 4.83. The molecule has 0 saturated carbocycles. The molecule has 3 heteroatoms. The molecule has 0 aliphatic heterocycles. The van der Waals surface area contributed by atoms with E-state index in [0.29, 0.717) is 5.92 Å². The van der Waals surface area contributed by atoms with E-state index in [1.165, 1.54) is 0 Å². The van der Waals surface area contributed by atoms with Crippen LogP contribution in [0.15, 0.2) is 0 Å². The normalized spacial score (nSPS) is 16.5. The summed E-state index contributed by atoms with van der Waals surface area (Å²) >= 11 is 0. The van der Waals surface area contributed by atoms with Gasteiger partial charge in [-0.1, -0.05) is 20.2 Å². The first-order valence-electron chi connectivity index (χ1n) is 3.90. The molecular formula is C7H17BO2. The molecule has 0 fully saturated rings. The molecular weight excluding hydrogens is 127 g/mol. The lowest BCUT2D eigenvalue weighted by Crippen LogP contribution is -2.15. The predicted molar refractivity (Wildman–Crippen MR) is 44.1 cm³/mol. The van der Waals surface area contributed by atoms with Gasteiger partial charge >= 0.3 is 0 Å². The van der Waals surface area contributed by atoms with Gasteiger partial charge in [0.2, 0.25) is 0 Å². The molecule has 0 rings (SSSR count). The number of rotatable bonds is 4. The lowest BCUT2D eigenvalue weighted by Gasteiger charge is -2.13. The Hall–Kier alpha value is -0.0151. The molecule has 0 amide bonds. The summed E-state index contributed by atoms with van der Waals surface area (Å²) in [5.41, 5.74) is 0. The minimum absolute atomic E-state index is 0.235. The molecule has 2 N–H and O–H groups in total. The summed E-state index contributed by atoms with van der Waals surface area (Å²) in [6.45, 7) is 5.32. The van der Waals surface area contributed by atoms with Crippen molar-refractivity contribution >= 4 is 6.92 Å². The quantitative estimate of drug-likeness (QED) is 0.578. The minimum Gasteiger partial charge on any atom is -0.451 e. The Kier molecular flexibility index (Phi) is 4.74. The molecule has 2 nitrogen and oxygen atoms in total. The van der Waals surface area contributed by atoms with Crippen molar-refractivity contribution in [3.63, 3.8) is 0 Å². The average Bonchev–Trinajstić information content (AvgIpc) is 1.82. The Morgan fingerprint density at radius 2 is 1.90 bits per heavy atom. The first-order valence-corrected chi connectivity index (χ1v) is 3.90. The number of hydrogen-bond donors (Lipinski definition) is 2. The predicted octanol–water partition coefficient (Wildman–Crippen LogP) is 1.01. The van der Waals surface area contributed by atoms with E-state index in [2.05, 4.69) is 0 Å². The highest BCUT2D eigenvalue weighted by molar-refractivity contribution is 6.48.